The van der Waals surface area contributed by atoms with Crippen LogP contribution in [0.1, 0.15) is 20.8 Å². The Morgan fingerprint density at radius 2 is 1.71 bits per heavy atom. The van der Waals surface area contributed by atoms with Crippen LogP contribution in [0, 0.1) is 5.41 Å². The molecule has 0 spiro atoms. The van der Waals surface area contributed by atoms with Gasteiger partial charge < -0.3 is 10.1 Å². The number of hydrogen-bond donors (Lipinski definition) is 1. The van der Waals surface area contributed by atoms with E-state index < -0.39 is 0 Å². The Hall–Kier alpha value is -1.18. The molecule has 14 heavy (non-hydrogen) atoms. The molecule has 0 saturated carbocycles. The molecule has 78 valence electrons. The summed E-state index contributed by atoms with van der Waals surface area (Å²) in [6, 6.07) is 7.99. The molecule has 0 amide bonds. The van der Waals surface area contributed by atoms with Gasteiger partial charge in [0.15, 0.2) is 0 Å². The van der Waals surface area contributed by atoms with Crippen LogP contribution in [0.5, 0.6) is 5.75 Å². The van der Waals surface area contributed by atoms with Crippen LogP contribution in [0.3, 0.4) is 0 Å². The SMILES string of the molecule is CNc1ccc(OCC(C)(C)C)cc1. The van der Waals surface area contributed by atoms with Crippen LogP contribution in [0.25, 0.3) is 0 Å². The van der Waals surface area contributed by atoms with Gasteiger partial charge in [0.2, 0.25) is 0 Å². The maximum atomic E-state index is 5.64. The zero-order valence-corrected chi connectivity index (χ0v) is 9.42. The van der Waals surface area contributed by atoms with Gasteiger partial charge in [0.05, 0.1) is 6.61 Å². The van der Waals surface area contributed by atoms with E-state index in [0.29, 0.717) is 0 Å². The van der Waals surface area contributed by atoms with Crippen LogP contribution >= 0.6 is 0 Å². The summed E-state index contributed by atoms with van der Waals surface area (Å²) in [7, 11) is 1.91. The third kappa shape index (κ3) is 3.69. The topological polar surface area (TPSA) is 21.3 Å². The first-order chi connectivity index (χ1) is 6.51. The second-order valence-corrected chi connectivity index (χ2v) is 4.62. The monoisotopic (exact) mass is 193 g/mol. The van der Waals surface area contributed by atoms with Crippen molar-refractivity contribution in [2.45, 2.75) is 20.8 Å². The molecule has 0 atom stereocenters. The van der Waals surface area contributed by atoms with Gasteiger partial charge in [0.1, 0.15) is 5.75 Å². The Balaban J connectivity index is 2.52. The molecule has 0 radical (unpaired) electrons. The molecule has 0 saturated heterocycles. The largest absolute Gasteiger partial charge is 0.493 e. The van der Waals surface area contributed by atoms with Gasteiger partial charge in [-0.05, 0) is 29.7 Å². The Kier molecular flexibility index (Phi) is 3.39. The molecule has 0 unspecified atom stereocenters. The van der Waals surface area contributed by atoms with E-state index in [1.54, 1.807) is 0 Å². The molecular formula is C12H19NO. The van der Waals surface area contributed by atoms with Crippen molar-refractivity contribution in [2.75, 3.05) is 19.0 Å². The van der Waals surface area contributed by atoms with Crippen molar-refractivity contribution in [3.8, 4) is 5.75 Å². The normalized spacial score (nSPS) is 11.1. The predicted molar refractivity (Wildman–Crippen MR) is 60.9 cm³/mol. The van der Waals surface area contributed by atoms with Gasteiger partial charge in [-0.1, -0.05) is 20.8 Å². The van der Waals surface area contributed by atoms with Crippen molar-refractivity contribution in [1.82, 2.24) is 0 Å². The van der Waals surface area contributed by atoms with E-state index in [4.69, 9.17) is 4.74 Å². The smallest absolute Gasteiger partial charge is 0.119 e. The number of benzene rings is 1. The summed E-state index contributed by atoms with van der Waals surface area (Å²) in [6.45, 7) is 7.23. The minimum atomic E-state index is 0.210. The number of hydrogen-bond acceptors (Lipinski definition) is 2. The van der Waals surface area contributed by atoms with Crippen LogP contribution in [0.2, 0.25) is 0 Å². The third-order valence-electron chi connectivity index (χ3n) is 1.81. The van der Waals surface area contributed by atoms with Gasteiger partial charge in [0, 0.05) is 12.7 Å². The van der Waals surface area contributed by atoms with Gasteiger partial charge in [0.25, 0.3) is 0 Å². The zero-order chi connectivity index (χ0) is 10.6. The third-order valence-corrected chi connectivity index (χ3v) is 1.81. The second kappa shape index (κ2) is 4.36. The molecule has 0 aromatic heterocycles. The van der Waals surface area contributed by atoms with E-state index in [9.17, 15) is 0 Å². The average molecular weight is 193 g/mol. The van der Waals surface area contributed by atoms with Crippen molar-refractivity contribution in [3.05, 3.63) is 24.3 Å². The first-order valence-corrected chi connectivity index (χ1v) is 4.92. The summed E-state index contributed by atoms with van der Waals surface area (Å²) in [4.78, 5) is 0. The summed E-state index contributed by atoms with van der Waals surface area (Å²) in [6.07, 6.45) is 0. The van der Waals surface area contributed by atoms with E-state index in [0.717, 1.165) is 18.0 Å². The molecule has 2 heteroatoms. The number of nitrogens with one attached hydrogen (secondary N) is 1. The van der Waals surface area contributed by atoms with Crippen LogP contribution in [-0.2, 0) is 0 Å². The van der Waals surface area contributed by atoms with E-state index in [2.05, 4.69) is 26.1 Å². The van der Waals surface area contributed by atoms with Crippen LogP contribution in [0.4, 0.5) is 5.69 Å². The molecule has 0 heterocycles. The molecule has 0 bridgehead atoms. The molecule has 1 aromatic carbocycles. The van der Waals surface area contributed by atoms with Crippen LogP contribution in [0.15, 0.2) is 24.3 Å². The standard InChI is InChI=1S/C12H19NO/c1-12(2,3)9-14-11-7-5-10(13-4)6-8-11/h5-8,13H,9H2,1-4H3. The number of rotatable bonds is 3. The van der Waals surface area contributed by atoms with Gasteiger partial charge in [-0.25, -0.2) is 0 Å². The zero-order valence-electron chi connectivity index (χ0n) is 9.42. The van der Waals surface area contributed by atoms with E-state index in [1.807, 2.05) is 31.3 Å². The predicted octanol–water partition coefficient (Wildman–Crippen LogP) is 3.15. The van der Waals surface area contributed by atoms with Crippen molar-refractivity contribution in [3.63, 3.8) is 0 Å². The van der Waals surface area contributed by atoms with E-state index in [1.165, 1.54) is 0 Å². The molecule has 2 nitrogen and oxygen atoms in total. The van der Waals surface area contributed by atoms with Crippen molar-refractivity contribution in [2.24, 2.45) is 5.41 Å². The van der Waals surface area contributed by atoms with Gasteiger partial charge in [-0.3, -0.25) is 0 Å². The fraction of sp³-hybridized carbons (Fsp3) is 0.500. The summed E-state index contributed by atoms with van der Waals surface area (Å²) in [5.41, 5.74) is 1.31. The van der Waals surface area contributed by atoms with Crippen LogP contribution in [-0.4, -0.2) is 13.7 Å². The minimum absolute atomic E-state index is 0.210. The molecule has 1 aromatic rings. The second-order valence-electron chi connectivity index (χ2n) is 4.62. The maximum Gasteiger partial charge on any atom is 0.119 e. The first-order valence-electron chi connectivity index (χ1n) is 4.92. The minimum Gasteiger partial charge on any atom is -0.493 e. The van der Waals surface area contributed by atoms with Crippen molar-refractivity contribution in [1.29, 1.82) is 0 Å². The maximum absolute atomic E-state index is 5.64. The van der Waals surface area contributed by atoms with Gasteiger partial charge in [-0.15, -0.1) is 0 Å². The quantitative estimate of drug-likeness (QED) is 0.796. The summed E-state index contributed by atoms with van der Waals surface area (Å²) in [5.74, 6) is 0.930. The lowest BCUT2D eigenvalue weighted by Gasteiger charge is -2.18. The van der Waals surface area contributed by atoms with Crippen molar-refractivity contribution < 1.29 is 4.74 Å². The fourth-order valence-electron chi connectivity index (χ4n) is 1.02. The molecule has 1 N–H and O–H groups in total. The molecule has 1 rings (SSSR count). The summed E-state index contributed by atoms with van der Waals surface area (Å²) >= 11 is 0. The van der Waals surface area contributed by atoms with E-state index in [-0.39, 0.29) is 5.41 Å². The number of anilines is 1. The highest BCUT2D eigenvalue weighted by atomic mass is 16.5. The molecule has 0 aliphatic heterocycles. The molecule has 0 aliphatic carbocycles. The lowest BCUT2D eigenvalue weighted by Crippen LogP contribution is -2.16. The molecule has 0 aliphatic rings. The Morgan fingerprint density at radius 3 is 2.14 bits per heavy atom. The highest BCUT2D eigenvalue weighted by Crippen LogP contribution is 2.19. The molecular weight excluding hydrogens is 174 g/mol. The van der Waals surface area contributed by atoms with Gasteiger partial charge in [-0.2, -0.15) is 0 Å². The van der Waals surface area contributed by atoms with Gasteiger partial charge >= 0.3 is 0 Å². The highest BCUT2D eigenvalue weighted by Gasteiger charge is 2.10. The Bertz CT molecular complexity index is 271. The summed E-state index contributed by atoms with van der Waals surface area (Å²) < 4.78 is 5.64. The average Bonchev–Trinajstić information content (AvgIpc) is 2.14. The Labute approximate surface area is 86.3 Å². The van der Waals surface area contributed by atoms with Crippen molar-refractivity contribution >= 4 is 5.69 Å². The number of ether oxygens (including phenoxy) is 1. The van der Waals surface area contributed by atoms with Crippen LogP contribution < -0.4 is 10.1 Å². The highest BCUT2D eigenvalue weighted by molar-refractivity contribution is 5.45. The lowest BCUT2D eigenvalue weighted by molar-refractivity contribution is 0.198. The fourth-order valence-corrected chi connectivity index (χ4v) is 1.02. The van der Waals surface area contributed by atoms with E-state index >= 15 is 0 Å². The molecule has 0 fully saturated rings. The summed E-state index contributed by atoms with van der Waals surface area (Å²) in [5, 5.41) is 3.07. The Morgan fingerprint density at radius 1 is 1.14 bits per heavy atom. The lowest BCUT2D eigenvalue weighted by atomic mass is 9.99. The first kappa shape index (κ1) is 10.9.